The van der Waals surface area contributed by atoms with Crippen LogP contribution in [0, 0.1) is 13.8 Å². The summed E-state index contributed by atoms with van der Waals surface area (Å²) in [7, 11) is 0. The van der Waals surface area contributed by atoms with E-state index in [2.05, 4.69) is 69.2 Å². The summed E-state index contributed by atoms with van der Waals surface area (Å²) in [5.41, 5.74) is 21.8. The summed E-state index contributed by atoms with van der Waals surface area (Å²) in [5, 5.41) is 0. The van der Waals surface area contributed by atoms with Crippen LogP contribution in [-0.4, -0.2) is 0 Å². The lowest BCUT2D eigenvalue weighted by Crippen LogP contribution is -2.09. The zero-order valence-electron chi connectivity index (χ0n) is 18.9. The fourth-order valence-electron chi connectivity index (χ4n) is 6.15. The molecule has 142 valence electrons. The minimum atomic E-state index is 0.473. The van der Waals surface area contributed by atoms with Crippen molar-refractivity contribution in [1.29, 1.82) is 0 Å². The number of rotatable bonds is 1. The zero-order valence-corrected chi connectivity index (χ0v) is 18.9. The van der Waals surface area contributed by atoms with Gasteiger partial charge in [-0.25, -0.2) is 0 Å². The van der Waals surface area contributed by atoms with Crippen LogP contribution in [0.15, 0.2) is 33.4 Å². The maximum absolute atomic E-state index is 2.39. The summed E-state index contributed by atoms with van der Waals surface area (Å²) in [6.45, 7) is 23.5. The van der Waals surface area contributed by atoms with E-state index in [0.717, 1.165) is 6.42 Å². The van der Waals surface area contributed by atoms with Crippen molar-refractivity contribution in [2.24, 2.45) is 0 Å². The molecule has 0 bridgehead atoms. The van der Waals surface area contributed by atoms with Crippen LogP contribution in [-0.2, 0) is 0 Å². The summed E-state index contributed by atoms with van der Waals surface area (Å²) in [6.07, 6.45) is 1.15. The highest BCUT2D eigenvalue weighted by molar-refractivity contribution is 5.89. The first-order valence-corrected chi connectivity index (χ1v) is 10.5. The second kappa shape index (κ2) is 5.84. The van der Waals surface area contributed by atoms with Gasteiger partial charge in [-0.15, -0.1) is 0 Å². The van der Waals surface area contributed by atoms with Crippen LogP contribution in [0.3, 0.4) is 0 Å². The molecule has 0 spiro atoms. The maximum Gasteiger partial charge on any atom is 0.0278 e. The van der Waals surface area contributed by atoms with Crippen molar-refractivity contribution in [3.63, 3.8) is 0 Å². The Morgan fingerprint density at radius 3 is 1.67 bits per heavy atom. The lowest BCUT2D eigenvalue weighted by molar-refractivity contribution is 0.872. The number of fused-ring (bicyclic) bond motifs is 2. The highest BCUT2D eigenvalue weighted by Crippen LogP contribution is 2.56. The Labute approximate surface area is 165 Å². The molecule has 0 aromatic heterocycles. The molecule has 0 saturated heterocycles. The Balaban J connectivity index is 2.04. The summed E-state index contributed by atoms with van der Waals surface area (Å²) in [4.78, 5) is 0. The van der Waals surface area contributed by atoms with Gasteiger partial charge >= 0.3 is 0 Å². The quantitative estimate of drug-likeness (QED) is 0.475. The number of benzene rings is 1. The molecule has 1 aromatic rings. The Morgan fingerprint density at radius 2 is 1.11 bits per heavy atom. The molecule has 3 aliphatic carbocycles. The summed E-state index contributed by atoms with van der Waals surface area (Å²) in [6, 6.07) is 0. The van der Waals surface area contributed by atoms with E-state index in [1.54, 1.807) is 44.5 Å². The average molecular weight is 359 g/mol. The molecule has 1 aromatic carbocycles. The largest absolute Gasteiger partial charge is 0.0660 e. The molecule has 2 unspecified atom stereocenters. The fourth-order valence-corrected chi connectivity index (χ4v) is 6.15. The van der Waals surface area contributed by atoms with Gasteiger partial charge in [0.1, 0.15) is 0 Å². The van der Waals surface area contributed by atoms with Crippen molar-refractivity contribution < 1.29 is 0 Å². The molecule has 2 atom stereocenters. The molecule has 27 heavy (non-hydrogen) atoms. The average Bonchev–Trinajstić information content (AvgIpc) is 3.13. The smallest absolute Gasteiger partial charge is 0.0278 e. The van der Waals surface area contributed by atoms with Crippen molar-refractivity contribution in [2.45, 2.75) is 87.5 Å². The van der Waals surface area contributed by atoms with Crippen LogP contribution in [0.4, 0.5) is 0 Å². The predicted octanol–water partition coefficient (Wildman–Crippen LogP) is 8.16. The lowest BCUT2D eigenvalue weighted by Gasteiger charge is -2.25. The molecule has 3 aliphatic rings. The number of hydrogen-bond acceptors (Lipinski definition) is 0. The minimum Gasteiger partial charge on any atom is -0.0660 e. The second-order valence-electron chi connectivity index (χ2n) is 9.33. The molecule has 0 heterocycles. The van der Waals surface area contributed by atoms with E-state index in [0.29, 0.717) is 11.8 Å². The fraction of sp³-hybridized carbons (Fsp3) is 0.481. The third-order valence-corrected chi connectivity index (χ3v) is 8.32. The van der Waals surface area contributed by atoms with E-state index in [-0.39, 0.29) is 0 Å². The molecule has 4 rings (SSSR count). The van der Waals surface area contributed by atoms with Gasteiger partial charge in [0, 0.05) is 11.8 Å². The highest BCUT2D eigenvalue weighted by Gasteiger charge is 2.39. The third-order valence-electron chi connectivity index (χ3n) is 8.32. The molecule has 0 fully saturated rings. The maximum atomic E-state index is 2.39. The predicted molar refractivity (Wildman–Crippen MR) is 119 cm³/mol. The van der Waals surface area contributed by atoms with Crippen LogP contribution in [0.2, 0.25) is 0 Å². The van der Waals surface area contributed by atoms with Gasteiger partial charge in [-0.3, -0.25) is 0 Å². The standard InChI is InChI=1S/C27H34/c1-12-11-22(15(4)13(12)2)26-19(8)18(7)25-20(9)23-16(5)14(3)17(6)24(23)21(10)27(25)26/h16,26H,11H2,1-10H3. The van der Waals surface area contributed by atoms with Crippen molar-refractivity contribution in [3.8, 4) is 0 Å². The van der Waals surface area contributed by atoms with Crippen molar-refractivity contribution in [1.82, 2.24) is 0 Å². The molecule has 0 N–H and O–H groups in total. The van der Waals surface area contributed by atoms with E-state index in [1.165, 1.54) is 33.4 Å². The molecule has 0 nitrogen and oxygen atoms in total. The van der Waals surface area contributed by atoms with Gasteiger partial charge in [0.2, 0.25) is 0 Å². The van der Waals surface area contributed by atoms with Crippen LogP contribution in [0.1, 0.15) is 107 Å². The summed E-state index contributed by atoms with van der Waals surface area (Å²) < 4.78 is 0. The molecular weight excluding hydrogens is 324 g/mol. The van der Waals surface area contributed by atoms with Gasteiger partial charge < -0.3 is 0 Å². The highest BCUT2D eigenvalue weighted by atomic mass is 14.4. The van der Waals surface area contributed by atoms with Crippen LogP contribution in [0.5, 0.6) is 0 Å². The molecular formula is C27H34. The third kappa shape index (κ3) is 2.16. The number of hydrogen-bond donors (Lipinski definition) is 0. The van der Waals surface area contributed by atoms with Crippen molar-refractivity contribution in [2.75, 3.05) is 0 Å². The van der Waals surface area contributed by atoms with Crippen LogP contribution >= 0.6 is 0 Å². The molecule has 0 amide bonds. The van der Waals surface area contributed by atoms with Gasteiger partial charge in [-0.05, 0) is 124 Å². The Bertz CT molecular complexity index is 1030. The van der Waals surface area contributed by atoms with E-state index in [4.69, 9.17) is 0 Å². The molecule has 0 radical (unpaired) electrons. The Hall–Kier alpha value is -1.82. The Kier molecular flexibility index (Phi) is 4.01. The van der Waals surface area contributed by atoms with Gasteiger partial charge in [-0.1, -0.05) is 29.2 Å². The number of allylic oxidation sites excluding steroid dienone is 8. The van der Waals surface area contributed by atoms with Crippen LogP contribution < -0.4 is 0 Å². The van der Waals surface area contributed by atoms with Crippen LogP contribution in [0.25, 0.3) is 11.1 Å². The SMILES string of the molecule is CC1=C(C)C(C)=C(C2C(C)=C(C)c3c(C)c4c(c(C)c32)C(C)=C(C)C4C)C1. The van der Waals surface area contributed by atoms with E-state index in [1.807, 2.05) is 0 Å². The summed E-state index contributed by atoms with van der Waals surface area (Å²) in [5.74, 6) is 1.02. The molecule has 0 heteroatoms. The Morgan fingerprint density at radius 1 is 0.593 bits per heavy atom. The summed E-state index contributed by atoms with van der Waals surface area (Å²) >= 11 is 0. The molecule has 0 aliphatic heterocycles. The first-order chi connectivity index (χ1) is 12.6. The van der Waals surface area contributed by atoms with E-state index >= 15 is 0 Å². The van der Waals surface area contributed by atoms with Crippen molar-refractivity contribution >= 4 is 11.1 Å². The first kappa shape index (κ1) is 18.5. The van der Waals surface area contributed by atoms with Gasteiger partial charge in [0.25, 0.3) is 0 Å². The van der Waals surface area contributed by atoms with Gasteiger partial charge in [0.05, 0.1) is 0 Å². The van der Waals surface area contributed by atoms with Crippen molar-refractivity contribution in [3.05, 3.63) is 66.8 Å². The second-order valence-corrected chi connectivity index (χ2v) is 9.33. The van der Waals surface area contributed by atoms with E-state index < -0.39 is 0 Å². The lowest BCUT2D eigenvalue weighted by atomic mass is 9.79. The topological polar surface area (TPSA) is 0 Å². The van der Waals surface area contributed by atoms with Gasteiger partial charge in [0.15, 0.2) is 0 Å². The first-order valence-electron chi connectivity index (χ1n) is 10.5. The van der Waals surface area contributed by atoms with Gasteiger partial charge in [-0.2, -0.15) is 0 Å². The molecule has 0 saturated carbocycles. The monoisotopic (exact) mass is 358 g/mol. The zero-order chi connectivity index (χ0) is 19.9. The van der Waals surface area contributed by atoms with E-state index in [9.17, 15) is 0 Å². The minimum absolute atomic E-state index is 0.473. The normalized spacial score (nSPS) is 24.7.